The van der Waals surface area contributed by atoms with Crippen molar-refractivity contribution in [2.24, 2.45) is 5.14 Å². The summed E-state index contributed by atoms with van der Waals surface area (Å²) < 4.78 is 33.8. The van der Waals surface area contributed by atoms with Gasteiger partial charge in [-0.25, -0.2) is 13.6 Å². The molecule has 0 heterocycles. The molecule has 0 fully saturated rings. The minimum Gasteiger partial charge on any atom is -0.495 e. The van der Waals surface area contributed by atoms with Crippen LogP contribution in [0.15, 0.2) is 47.4 Å². The van der Waals surface area contributed by atoms with E-state index < -0.39 is 22.0 Å². The maximum atomic E-state index is 12.3. The fourth-order valence-corrected chi connectivity index (χ4v) is 2.97. The van der Waals surface area contributed by atoms with E-state index in [1.54, 1.807) is 31.2 Å². The second kappa shape index (κ2) is 8.19. The first kappa shape index (κ1) is 20.4. The molecule has 144 valence electrons. The van der Waals surface area contributed by atoms with Gasteiger partial charge in [0.15, 0.2) is 11.9 Å². The van der Waals surface area contributed by atoms with Crippen molar-refractivity contribution in [1.82, 2.24) is 0 Å². The Labute approximate surface area is 157 Å². The average molecular weight is 392 g/mol. The van der Waals surface area contributed by atoms with Crippen LogP contribution in [0.4, 0.5) is 5.69 Å². The number of Topliss-reactive ketones (excluding diaryl/α,β-unsaturated/α-hetero) is 1. The van der Waals surface area contributed by atoms with Crippen molar-refractivity contribution in [2.45, 2.75) is 24.8 Å². The molecule has 2 rings (SSSR count). The number of amides is 1. The van der Waals surface area contributed by atoms with Crippen LogP contribution in [-0.4, -0.2) is 33.3 Å². The maximum Gasteiger partial charge on any atom is 0.265 e. The van der Waals surface area contributed by atoms with Gasteiger partial charge in [0, 0.05) is 11.3 Å². The number of ether oxygens (including phenoxy) is 2. The van der Waals surface area contributed by atoms with E-state index in [0.717, 1.165) is 0 Å². The van der Waals surface area contributed by atoms with Gasteiger partial charge < -0.3 is 14.8 Å². The van der Waals surface area contributed by atoms with Crippen LogP contribution in [0.25, 0.3) is 0 Å². The van der Waals surface area contributed by atoms with Gasteiger partial charge in [0.2, 0.25) is 10.0 Å². The Morgan fingerprint density at radius 2 is 1.74 bits per heavy atom. The summed E-state index contributed by atoms with van der Waals surface area (Å²) in [6.45, 7) is 2.99. The number of anilines is 1. The Kier molecular flexibility index (Phi) is 6.19. The van der Waals surface area contributed by atoms with E-state index in [0.29, 0.717) is 11.3 Å². The quantitative estimate of drug-likeness (QED) is 0.694. The molecule has 3 N–H and O–H groups in total. The highest BCUT2D eigenvalue weighted by atomic mass is 32.2. The highest BCUT2D eigenvalue weighted by Gasteiger charge is 2.19. The SMILES string of the molecule is COc1ccc(NC(=O)C(C)Oc2ccc(C(C)=O)cc2)cc1S(N)(=O)=O. The van der Waals surface area contributed by atoms with Gasteiger partial charge >= 0.3 is 0 Å². The molecule has 0 radical (unpaired) electrons. The zero-order chi connectivity index (χ0) is 20.2. The maximum absolute atomic E-state index is 12.3. The van der Waals surface area contributed by atoms with Crippen LogP contribution in [-0.2, 0) is 14.8 Å². The molecule has 2 aromatic rings. The third-order valence-corrected chi connectivity index (χ3v) is 4.61. The summed E-state index contributed by atoms with van der Waals surface area (Å²) in [7, 11) is -2.70. The summed E-state index contributed by atoms with van der Waals surface area (Å²) in [6, 6.07) is 10.5. The minimum atomic E-state index is -4.02. The molecule has 0 saturated carbocycles. The van der Waals surface area contributed by atoms with Crippen LogP contribution >= 0.6 is 0 Å². The molecule has 0 aliphatic rings. The van der Waals surface area contributed by atoms with Crippen molar-refractivity contribution < 1.29 is 27.5 Å². The zero-order valence-corrected chi connectivity index (χ0v) is 15.9. The highest BCUT2D eigenvalue weighted by molar-refractivity contribution is 7.89. The lowest BCUT2D eigenvalue weighted by Gasteiger charge is -2.16. The number of carbonyl (C=O) groups is 2. The van der Waals surface area contributed by atoms with Crippen molar-refractivity contribution in [3.8, 4) is 11.5 Å². The number of ketones is 1. The Balaban J connectivity index is 2.11. The predicted molar refractivity (Wildman–Crippen MR) is 99.5 cm³/mol. The first-order chi connectivity index (χ1) is 12.6. The molecule has 0 saturated heterocycles. The molecule has 8 nitrogen and oxygen atoms in total. The fourth-order valence-electron chi connectivity index (χ4n) is 2.25. The number of methoxy groups -OCH3 is 1. The van der Waals surface area contributed by atoms with Gasteiger partial charge in [-0.15, -0.1) is 0 Å². The molecule has 1 unspecified atom stereocenters. The second-order valence-corrected chi connectivity index (χ2v) is 7.27. The van der Waals surface area contributed by atoms with E-state index in [2.05, 4.69) is 5.32 Å². The van der Waals surface area contributed by atoms with Crippen LogP contribution in [0.3, 0.4) is 0 Å². The molecule has 27 heavy (non-hydrogen) atoms. The van der Waals surface area contributed by atoms with E-state index in [1.165, 1.54) is 32.2 Å². The molecule has 2 aromatic carbocycles. The van der Waals surface area contributed by atoms with Crippen molar-refractivity contribution in [1.29, 1.82) is 0 Å². The summed E-state index contributed by atoms with van der Waals surface area (Å²) in [5.74, 6) is -0.0679. The predicted octanol–water partition coefficient (Wildman–Crippen LogP) is 1.95. The molecule has 1 atom stereocenters. The lowest BCUT2D eigenvalue weighted by atomic mass is 10.1. The summed E-state index contributed by atoms with van der Waals surface area (Å²) in [5, 5.41) is 7.72. The number of nitrogens with one attached hydrogen (secondary N) is 1. The van der Waals surface area contributed by atoms with Gasteiger partial charge in [-0.1, -0.05) is 0 Å². The lowest BCUT2D eigenvalue weighted by molar-refractivity contribution is -0.122. The smallest absolute Gasteiger partial charge is 0.265 e. The summed E-state index contributed by atoms with van der Waals surface area (Å²) in [4.78, 5) is 23.3. The van der Waals surface area contributed by atoms with Gasteiger partial charge in [-0.05, 0) is 56.3 Å². The molecule has 0 aromatic heterocycles. The Bertz CT molecular complexity index is 954. The molecular weight excluding hydrogens is 372 g/mol. The van der Waals surface area contributed by atoms with Crippen molar-refractivity contribution in [2.75, 3.05) is 12.4 Å². The van der Waals surface area contributed by atoms with Crippen LogP contribution in [0.5, 0.6) is 11.5 Å². The number of benzene rings is 2. The number of primary sulfonamides is 1. The van der Waals surface area contributed by atoms with Crippen molar-refractivity contribution in [3.05, 3.63) is 48.0 Å². The summed E-state index contributed by atoms with van der Waals surface area (Å²) >= 11 is 0. The second-order valence-electron chi connectivity index (χ2n) is 5.74. The van der Waals surface area contributed by atoms with Crippen molar-refractivity contribution in [3.63, 3.8) is 0 Å². The number of carbonyl (C=O) groups excluding carboxylic acids is 2. The van der Waals surface area contributed by atoms with Gasteiger partial charge in [0.05, 0.1) is 7.11 Å². The Hall–Kier alpha value is -2.91. The van der Waals surface area contributed by atoms with Crippen LogP contribution < -0.4 is 19.9 Å². The molecule has 0 spiro atoms. The molecule has 0 bridgehead atoms. The average Bonchev–Trinajstić information content (AvgIpc) is 2.61. The van der Waals surface area contributed by atoms with Crippen molar-refractivity contribution >= 4 is 27.4 Å². The highest BCUT2D eigenvalue weighted by Crippen LogP contribution is 2.26. The van der Waals surface area contributed by atoms with Gasteiger partial charge in [0.1, 0.15) is 16.4 Å². The number of sulfonamides is 1. The normalized spacial score (nSPS) is 12.1. The van der Waals surface area contributed by atoms with E-state index in [9.17, 15) is 18.0 Å². The number of hydrogen-bond acceptors (Lipinski definition) is 6. The molecule has 9 heteroatoms. The Morgan fingerprint density at radius 3 is 2.26 bits per heavy atom. The monoisotopic (exact) mass is 392 g/mol. The van der Waals surface area contributed by atoms with E-state index in [4.69, 9.17) is 14.6 Å². The first-order valence-electron chi connectivity index (χ1n) is 7.91. The molecule has 0 aliphatic heterocycles. The largest absolute Gasteiger partial charge is 0.495 e. The topological polar surface area (TPSA) is 125 Å². The fraction of sp³-hybridized carbons (Fsp3) is 0.222. The van der Waals surface area contributed by atoms with Crippen LogP contribution in [0.2, 0.25) is 0 Å². The van der Waals surface area contributed by atoms with Gasteiger partial charge in [-0.2, -0.15) is 0 Å². The van der Waals surface area contributed by atoms with E-state index in [1.807, 2.05) is 0 Å². The number of hydrogen-bond donors (Lipinski definition) is 2. The molecule has 0 aliphatic carbocycles. The van der Waals surface area contributed by atoms with Crippen LogP contribution in [0, 0.1) is 0 Å². The third-order valence-electron chi connectivity index (χ3n) is 3.68. The Morgan fingerprint density at radius 1 is 1.11 bits per heavy atom. The summed E-state index contributed by atoms with van der Waals surface area (Å²) in [5.41, 5.74) is 0.764. The lowest BCUT2D eigenvalue weighted by Crippen LogP contribution is -2.30. The zero-order valence-electron chi connectivity index (χ0n) is 15.1. The number of rotatable bonds is 7. The van der Waals surface area contributed by atoms with E-state index >= 15 is 0 Å². The van der Waals surface area contributed by atoms with Gasteiger partial charge in [-0.3, -0.25) is 9.59 Å². The minimum absolute atomic E-state index is 0.0718. The standard InChI is InChI=1S/C18H20N2O6S/c1-11(21)13-4-7-15(8-5-13)26-12(2)18(22)20-14-6-9-16(25-3)17(10-14)27(19,23)24/h4-10,12H,1-3H3,(H,20,22)(H2,19,23,24). The first-order valence-corrected chi connectivity index (χ1v) is 9.46. The molecular formula is C18H20N2O6S. The summed E-state index contributed by atoms with van der Waals surface area (Å²) in [6.07, 6.45) is -0.867. The van der Waals surface area contributed by atoms with Crippen LogP contribution in [0.1, 0.15) is 24.2 Å². The molecule has 1 amide bonds. The number of nitrogens with two attached hydrogens (primary N) is 1. The van der Waals surface area contributed by atoms with E-state index in [-0.39, 0.29) is 22.1 Å². The third kappa shape index (κ3) is 5.28. The van der Waals surface area contributed by atoms with Gasteiger partial charge in [0.25, 0.3) is 5.91 Å².